The molecule has 0 spiro atoms. The van der Waals surface area contributed by atoms with Gasteiger partial charge in [0.25, 0.3) is 0 Å². The van der Waals surface area contributed by atoms with Gasteiger partial charge in [0.05, 0.1) is 5.69 Å². The summed E-state index contributed by atoms with van der Waals surface area (Å²) < 4.78 is 64.8. The van der Waals surface area contributed by atoms with Crippen molar-refractivity contribution in [2.45, 2.75) is 6.54 Å². The van der Waals surface area contributed by atoms with Crippen LogP contribution in [0.2, 0.25) is 0 Å². The number of rotatable bonds is 3. The van der Waals surface area contributed by atoms with Gasteiger partial charge in [-0.3, -0.25) is 0 Å². The Morgan fingerprint density at radius 1 is 0.737 bits per heavy atom. The van der Waals surface area contributed by atoms with Crippen LogP contribution in [0.1, 0.15) is 5.56 Å². The molecule has 2 rings (SSSR count). The van der Waals surface area contributed by atoms with E-state index in [4.69, 9.17) is 0 Å². The fourth-order valence-corrected chi connectivity index (χ4v) is 1.51. The van der Waals surface area contributed by atoms with Gasteiger partial charge in [0.1, 0.15) is 17.5 Å². The summed E-state index contributed by atoms with van der Waals surface area (Å²) in [5.74, 6) is -5.07. The Balaban J connectivity index is 2.16. The summed E-state index contributed by atoms with van der Waals surface area (Å²) in [5.41, 5.74) is -0.229. The minimum Gasteiger partial charge on any atom is -0.378 e. The van der Waals surface area contributed by atoms with E-state index >= 15 is 0 Å². The maximum Gasteiger partial charge on any atom is 0.161 e. The number of hydrogen-bond donors (Lipinski definition) is 1. The van der Waals surface area contributed by atoms with Crippen molar-refractivity contribution in [3.05, 3.63) is 65.0 Å². The maximum atomic E-state index is 13.3. The number of hydrogen-bond acceptors (Lipinski definition) is 1. The van der Waals surface area contributed by atoms with Gasteiger partial charge in [0, 0.05) is 30.3 Å². The summed E-state index contributed by atoms with van der Waals surface area (Å²) in [6.07, 6.45) is 0. The molecule has 1 N–H and O–H groups in total. The van der Waals surface area contributed by atoms with Crippen LogP contribution in [0, 0.1) is 29.1 Å². The minimum atomic E-state index is -1.31. The van der Waals surface area contributed by atoms with E-state index in [0.717, 1.165) is 6.07 Å². The molecule has 6 heteroatoms. The lowest BCUT2D eigenvalue weighted by Gasteiger charge is -2.09. The van der Waals surface area contributed by atoms with Gasteiger partial charge in [-0.2, -0.15) is 0 Å². The minimum absolute atomic E-state index is 0.0746. The van der Waals surface area contributed by atoms with Crippen molar-refractivity contribution in [1.82, 2.24) is 0 Å². The van der Waals surface area contributed by atoms with E-state index in [0.29, 0.717) is 18.2 Å². The quantitative estimate of drug-likeness (QED) is 0.658. The normalized spacial score (nSPS) is 10.6. The van der Waals surface area contributed by atoms with Gasteiger partial charge in [0.2, 0.25) is 0 Å². The molecule has 0 atom stereocenters. The van der Waals surface area contributed by atoms with Crippen molar-refractivity contribution in [2.75, 3.05) is 5.32 Å². The van der Waals surface area contributed by atoms with Gasteiger partial charge >= 0.3 is 0 Å². The Kier molecular flexibility index (Phi) is 3.69. The molecule has 0 aliphatic carbocycles. The molecule has 0 saturated heterocycles. The van der Waals surface area contributed by atoms with E-state index in [9.17, 15) is 22.0 Å². The summed E-state index contributed by atoms with van der Waals surface area (Å²) in [7, 11) is 0. The first kappa shape index (κ1) is 13.3. The SMILES string of the molecule is Fc1ccc(CNc2cc(F)c(F)cc2F)c(F)c1. The van der Waals surface area contributed by atoms with E-state index in [1.807, 2.05) is 0 Å². The molecular formula is C13H8F5N. The predicted octanol–water partition coefficient (Wildman–Crippen LogP) is 3.99. The third kappa shape index (κ3) is 3.01. The van der Waals surface area contributed by atoms with E-state index in [-0.39, 0.29) is 17.8 Å². The number of benzene rings is 2. The molecule has 0 aliphatic rings. The van der Waals surface area contributed by atoms with Crippen molar-refractivity contribution in [3.63, 3.8) is 0 Å². The molecule has 2 aromatic carbocycles. The lowest BCUT2D eigenvalue weighted by molar-refractivity contribution is 0.496. The van der Waals surface area contributed by atoms with E-state index in [2.05, 4.69) is 5.32 Å². The van der Waals surface area contributed by atoms with Crippen LogP contribution < -0.4 is 5.32 Å². The molecule has 0 radical (unpaired) electrons. The molecule has 0 aliphatic heterocycles. The van der Waals surface area contributed by atoms with Gasteiger partial charge in [0.15, 0.2) is 11.6 Å². The first-order valence-electron chi connectivity index (χ1n) is 5.29. The van der Waals surface area contributed by atoms with Crippen LogP contribution in [-0.4, -0.2) is 0 Å². The molecule has 0 bridgehead atoms. The highest BCUT2D eigenvalue weighted by Crippen LogP contribution is 2.20. The van der Waals surface area contributed by atoms with Gasteiger partial charge in [-0.25, -0.2) is 22.0 Å². The molecule has 2 aromatic rings. The van der Waals surface area contributed by atoms with E-state index in [1.54, 1.807) is 0 Å². The second kappa shape index (κ2) is 5.26. The fourth-order valence-electron chi connectivity index (χ4n) is 1.51. The van der Waals surface area contributed by atoms with Crippen LogP contribution in [0.5, 0.6) is 0 Å². The Labute approximate surface area is 105 Å². The zero-order valence-corrected chi connectivity index (χ0v) is 9.48. The standard InChI is InChI=1S/C13H8F5N/c14-8-2-1-7(9(15)3-8)6-19-13-5-11(17)10(16)4-12(13)18/h1-5,19H,6H2. The Morgan fingerprint density at radius 3 is 2.11 bits per heavy atom. The van der Waals surface area contributed by atoms with Crippen molar-refractivity contribution >= 4 is 5.69 Å². The van der Waals surface area contributed by atoms with Crippen LogP contribution in [0.3, 0.4) is 0 Å². The Bertz CT molecular complexity index is 612. The van der Waals surface area contributed by atoms with Crippen LogP contribution in [0.25, 0.3) is 0 Å². The summed E-state index contributed by atoms with van der Waals surface area (Å²) in [6, 6.07) is 3.92. The summed E-state index contributed by atoms with van der Waals surface area (Å²) in [4.78, 5) is 0. The summed E-state index contributed by atoms with van der Waals surface area (Å²) in [5, 5.41) is 2.41. The lowest BCUT2D eigenvalue weighted by atomic mass is 10.2. The second-order valence-electron chi connectivity index (χ2n) is 3.84. The molecule has 0 aromatic heterocycles. The maximum absolute atomic E-state index is 13.3. The number of anilines is 1. The second-order valence-corrected chi connectivity index (χ2v) is 3.84. The molecule has 0 unspecified atom stereocenters. The zero-order chi connectivity index (χ0) is 14.0. The molecule has 19 heavy (non-hydrogen) atoms. The monoisotopic (exact) mass is 273 g/mol. The van der Waals surface area contributed by atoms with E-state index in [1.165, 1.54) is 6.07 Å². The average Bonchev–Trinajstić information content (AvgIpc) is 2.34. The van der Waals surface area contributed by atoms with Crippen molar-refractivity contribution in [2.24, 2.45) is 0 Å². The Morgan fingerprint density at radius 2 is 1.42 bits per heavy atom. The van der Waals surface area contributed by atoms with Gasteiger partial charge in [-0.1, -0.05) is 6.07 Å². The topological polar surface area (TPSA) is 12.0 Å². The third-order valence-corrected chi connectivity index (χ3v) is 2.49. The average molecular weight is 273 g/mol. The van der Waals surface area contributed by atoms with Crippen molar-refractivity contribution in [1.29, 1.82) is 0 Å². The number of halogens is 5. The molecule has 100 valence electrons. The largest absolute Gasteiger partial charge is 0.378 e. The highest BCUT2D eigenvalue weighted by molar-refractivity contribution is 5.45. The molecule has 0 saturated carbocycles. The molecule has 0 heterocycles. The first-order chi connectivity index (χ1) is 8.97. The zero-order valence-electron chi connectivity index (χ0n) is 9.48. The third-order valence-electron chi connectivity index (χ3n) is 2.49. The van der Waals surface area contributed by atoms with E-state index < -0.39 is 29.1 Å². The molecule has 0 amide bonds. The van der Waals surface area contributed by atoms with Crippen LogP contribution >= 0.6 is 0 Å². The molecule has 1 nitrogen and oxygen atoms in total. The number of nitrogens with one attached hydrogen (secondary N) is 1. The molecular weight excluding hydrogens is 265 g/mol. The predicted molar refractivity (Wildman–Crippen MR) is 60.0 cm³/mol. The first-order valence-corrected chi connectivity index (χ1v) is 5.29. The van der Waals surface area contributed by atoms with Gasteiger partial charge < -0.3 is 5.32 Å². The fraction of sp³-hybridized carbons (Fsp3) is 0.0769. The van der Waals surface area contributed by atoms with Gasteiger partial charge in [-0.15, -0.1) is 0 Å². The summed E-state index contributed by atoms with van der Waals surface area (Å²) in [6.45, 7) is -0.186. The molecule has 0 fully saturated rings. The Hall–Kier alpha value is -2.11. The van der Waals surface area contributed by atoms with Crippen molar-refractivity contribution in [3.8, 4) is 0 Å². The highest BCUT2D eigenvalue weighted by Gasteiger charge is 2.10. The van der Waals surface area contributed by atoms with Gasteiger partial charge in [-0.05, 0) is 6.07 Å². The summed E-state index contributed by atoms with van der Waals surface area (Å²) >= 11 is 0. The lowest BCUT2D eigenvalue weighted by Crippen LogP contribution is -2.05. The van der Waals surface area contributed by atoms with Crippen molar-refractivity contribution < 1.29 is 22.0 Å². The van der Waals surface area contributed by atoms with Crippen LogP contribution in [-0.2, 0) is 6.54 Å². The smallest absolute Gasteiger partial charge is 0.161 e. The van der Waals surface area contributed by atoms with Crippen LogP contribution in [0.4, 0.5) is 27.6 Å². The van der Waals surface area contributed by atoms with Crippen LogP contribution in [0.15, 0.2) is 30.3 Å². The highest BCUT2D eigenvalue weighted by atomic mass is 19.2.